The minimum Gasteiger partial charge on any atom is -0.342 e. The Kier molecular flexibility index (Phi) is 4.40. The summed E-state index contributed by atoms with van der Waals surface area (Å²) in [6.07, 6.45) is 2.34. The summed E-state index contributed by atoms with van der Waals surface area (Å²) in [6.45, 7) is 10.0. The van der Waals surface area contributed by atoms with Gasteiger partial charge in [0, 0.05) is 32.2 Å². The monoisotopic (exact) mass is 239 g/mol. The van der Waals surface area contributed by atoms with Gasteiger partial charge in [0.1, 0.15) is 0 Å². The molecule has 2 aliphatic heterocycles. The molecule has 2 fully saturated rings. The zero-order chi connectivity index (χ0) is 12.3. The number of piperidine rings is 1. The van der Waals surface area contributed by atoms with Crippen molar-refractivity contribution in [3.8, 4) is 0 Å². The molecule has 2 saturated heterocycles. The molecule has 98 valence electrons. The molecule has 2 aliphatic rings. The standard InChI is InChI=1S/C13H25N3O/c1-3-15(12-8-14-9-12)10-13(17)16-6-4-11(2)5-7-16/h11-12,14H,3-10H2,1-2H3. The van der Waals surface area contributed by atoms with E-state index in [0.717, 1.165) is 38.6 Å². The van der Waals surface area contributed by atoms with Crippen molar-refractivity contribution in [2.75, 3.05) is 39.3 Å². The molecule has 1 amide bonds. The summed E-state index contributed by atoms with van der Waals surface area (Å²) in [5.41, 5.74) is 0. The third kappa shape index (κ3) is 3.19. The van der Waals surface area contributed by atoms with Crippen molar-refractivity contribution in [1.29, 1.82) is 0 Å². The second-order valence-corrected chi connectivity index (χ2v) is 5.44. The third-order valence-electron chi connectivity index (χ3n) is 4.16. The van der Waals surface area contributed by atoms with Gasteiger partial charge in [-0.1, -0.05) is 13.8 Å². The summed E-state index contributed by atoms with van der Waals surface area (Å²) >= 11 is 0. The van der Waals surface area contributed by atoms with Crippen LogP contribution in [0.3, 0.4) is 0 Å². The number of carbonyl (C=O) groups is 1. The molecule has 0 aromatic carbocycles. The van der Waals surface area contributed by atoms with E-state index in [1.807, 2.05) is 0 Å². The van der Waals surface area contributed by atoms with Crippen molar-refractivity contribution >= 4 is 5.91 Å². The summed E-state index contributed by atoms with van der Waals surface area (Å²) in [5.74, 6) is 1.11. The Bertz CT molecular complexity index is 257. The van der Waals surface area contributed by atoms with Gasteiger partial charge < -0.3 is 10.2 Å². The van der Waals surface area contributed by atoms with Crippen molar-refractivity contribution in [1.82, 2.24) is 15.1 Å². The number of likely N-dealkylation sites (N-methyl/N-ethyl adjacent to an activating group) is 1. The van der Waals surface area contributed by atoms with Crippen LogP contribution in [0, 0.1) is 5.92 Å². The molecule has 0 aromatic heterocycles. The van der Waals surface area contributed by atoms with E-state index in [2.05, 4.69) is 29.0 Å². The molecule has 0 atom stereocenters. The Morgan fingerprint density at radius 1 is 1.35 bits per heavy atom. The first kappa shape index (κ1) is 12.8. The van der Waals surface area contributed by atoms with Crippen LogP contribution >= 0.6 is 0 Å². The highest BCUT2D eigenvalue weighted by Gasteiger charge is 2.27. The molecule has 4 nitrogen and oxygen atoms in total. The van der Waals surface area contributed by atoms with Gasteiger partial charge in [-0.2, -0.15) is 0 Å². The fourth-order valence-electron chi connectivity index (χ4n) is 2.56. The quantitative estimate of drug-likeness (QED) is 0.778. The maximum Gasteiger partial charge on any atom is 0.236 e. The van der Waals surface area contributed by atoms with Gasteiger partial charge in [0.15, 0.2) is 0 Å². The van der Waals surface area contributed by atoms with Gasteiger partial charge in [-0.25, -0.2) is 0 Å². The van der Waals surface area contributed by atoms with Crippen LogP contribution in [0.15, 0.2) is 0 Å². The molecule has 2 heterocycles. The predicted octanol–water partition coefficient (Wildman–Crippen LogP) is 0.539. The van der Waals surface area contributed by atoms with Crippen molar-refractivity contribution in [2.45, 2.75) is 32.7 Å². The van der Waals surface area contributed by atoms with Gasteiger partial charge in [-0.15, -0.1) is 0 Å². The molecule has 0 spiro atoms. The molecule has 1 N–H and O–H groups in total. The zero-order valence-corrected chi connectivity index (χ0v) is 11.1. The number of hydrogen-bond acceptors (Lipinski definition) is 3. The number of rotatable bonds is 4. The van der Waals surface area contributed by atoms with Gasteiger partial charge in [0.05, 0.1) is 6.54 Å². The average molecular weight is 239 g/mol. The van der Waals surface area contributed by atoms with Gasteiger partial charge in [-0.05, 0) is 25.3 Å². The lowest BCUT2D eigenvalue weighted by molar-refractivity contribution is -0.134. The predicted molar refractivity (Wildman–Crippen MR) is 68.9 cm³/mol. The molecular formula is C13H25N3O. The van der Waals surface area contributed by atoms with Crippen molar-refractivity contribution in [3.63, 3.8) is 0 Å². The highest BCUT2D eigenvalue weighted by molar-refractivity contribution is 5.78. The van der Waals surface area contributed by atoms with Crippen LogP contribution in [-0.4, -0.2) is 61.0 Å². The van der Waals surface area contributed by atoms with Crippen LogP contribution in [0.2, 0.25) is 0 Å². The second-order valence-electron chi connectivity index (χ2n) is 5.44. The minimum absolute atomic E-state index is 0.325. The fraction of sp³-hybridized carbons (Fsp3) is 0.923. The Morgan fingerprint density at radius 3 is 2.47 bits per heavy atom. The molecule has 0 saturated carbocycles. The van der Waals surface area contributed by atoms with Crippen LogP contribution in [0.25, 0.3) is 0 Å². The topological polar surface area (TPSA) is 35.6 Å². The highest BCUT2D eigenvalue weighted by Crippen LogP contribution is 2.16. The summed E-state index contributed by atoms with van der Waals surface area (Å²) < 4.78 is 0. The van der Waals surface area contributed by atoms with E-state index >= 15 is 0 Å². The van der Waals surface area contributed by atoms with Crippen molar-refractivity contribution < 1.29 is 4.79 Å². The maximum atomic E-state index is 12.2. The average Bonchev–Trinajstić information content (AvgIpc) is 2.26. The first-order valence-corrected chi connectivity index (χ1v) is 6.93. The van der Waals surface area contributed by atoms with Gasteiger partial charge in [0.25, 0.3) is 0 Å². The highest BCUT2D eigenvalue weighted by atomic mass is 16.2. The van der Waals surface area contributed by atoms with Crippen LogP contribution in [-0.2, 0) is 4.79 Å². The van der Waals surface area contributed by atoms with Crippen molar-refractivity contribution in [2.24, 2.45) is 5.92 Å². The number of carbonyl (C=O) groups excluding carboxylic acids is 1. The SMILES string of the molecule is CCN(CC(=O)N1CCC(C)CC1)C1CNC1. The van der Waals surface area contributed by atoms with E-state index in [9.17, 15) is 4.79 Å². The molecule has 0 aromatic rings. The van der Waals surface area contributed by atoms with Crippen molar-refractivity contribution in [3.05, 3.63) is 0 Å². The van der Waals surface area contributed by atoms with Gasteiger partial charge in [0.2, 0.25) is 5.91 Å². The lowest BCUT2D eigenvalue weighted by Gasteiger charge is -2.39. The minimum atomic E-state index is 0.325. The summed E-state index contributed by atoms with van der Waals surface area (Å²) in [5, 5.41) is 3.27. The number of likely N-dealkylation sites (tertiary alicyclic amines) is 1. The summed E-state index contributed by atoms with van der Waals surface area (Å²) in [6, 6.07) is 0.577. The van der Waals surface area contributed by atoms with Gasteiger partial charge >= 0.3 is 0 Å². The van der Waals surface area contributed by atoms with E-state index in [4.69, 9.17) is 0 Å². The molecule has 0 unspecified atom stereocenters. The Hall–Kier alpha value is -0.610. The van der Waals surface area contributed by atoms with E-state index in [1.54, 1.807) is 0 Å². The Morgan fingerprint density at radius 2 is 2.00 bits per heavy atom. The van der Waals surface area contributed by atoms with Crippen LogP contribution in [0.5, 0.6) is 0 Å². The smallest absolute Gasteiger partial charge is 0.236 e. The third-order valence-corrected chi connectivity index (χ3v) is 4.16. The molecule has 4 heteroatoms. The largest absolute Gasteiger partial charge is 0.342 e. The molecule has 0 radical (unpaired) electrons. The first-order valence-electron chi connectivity index (χ1n) is 6.93. The molecule has 2 rings (SSSR count). The lowest BCUT2D eigenvalue weighted by atomic mass is 9.99. The Balaban J connectivity index is 1.78. The van der Waals surface area contributed by atoms with E-state index in [-0.39, 0.29) is 0 Å². The first-order chi connectivity index (χ1) is 8.20. The molecule has 0 bridgehead atoms. The summed E-state index contributed by atoms with van der Waals surface area (Å²) in [7, 11) is 0. The number of amides is 1. The van der Waals surface area contributed by atoms with Crippen LogP contribution < -0.4 is 5.32 Å². The van der Waals surface area contributed by atoms with E-state index in [1.165, 1.54) is 12.8 Å². The van der Waals surface area contributed by atoms with Gasteiger partial charge in [-0.3, -0.25) is 9.69 Å². The second kappa shape index (κ2) is 5.83. The zero-order valence-electron chi connectivity index (χ0n) is 11.1. The number of nitrogens with zero attached hydrogens (tertiary/aromatic N) is 2. The molecule has 17 heavy (non-hydrogen) atoms. The normalized spacial score (nSPS) is 22.9. The van der Waals surface area contributed by atoms with Crippen LogP contribution in [0.4, 0.5) is 0 Å². The Labute approximate surface area is 104 Å². The van der Waals surface area contributed by atoms with E-state index < -0.39 is 0 Å². The molecule has 0 aliphatic carbocycles. The molecular weight excluding hydrogens is 214 g/mol. The van der Waals surface area contributed by atoms with E-state index in [0.29, 0.717) is 18.5 Å². The lowest BCUT2D eigenvalue weighted by Crippen LogP contribution is -2.59. The fourth-order valence-corrected chi connectivity index (χ4v) is 2.56. The van der Waals surface area contributed by atoms with Crippen LogP contribution in [0.1, 0.15) is 26.7 Å². The maximum absolute atomic E-state index is 12.2. The number of nitrogens with one attached hydrogen (secondary N) is 1. The number of hydrogen-bond donors (Lipinski definition) is 1. The summed E-state index contributed by atoms with van der Waals surface area (Å²) in [4.78, 5) is 16.5.